The molecule has 1 fully saturated rings. The number of rotatable bonds is 4. The molecule has 0 saturated heterocycles. The lowest BCUT2D eigenvalue weighted by atomic mass is 9.69. The summed E-state index contributed by atoms with van der Waals surface area (Å²) in [5.74, 6) is 1.00. The van der Waals surface area contributed by atoms with Crippen molar-refractivity contribution in [2.24, 2.45) is 5.73 Å². The van der Waals surface area contributed by atoms with Crippen LogP contribution in [0, 0.1) is 0 Å². The lowest BCUT2D eigenvalue weighted by Crippen LogP contribution is -2.37. The Bertz CT molecular complexity index is 394. The van der Waals surface area contributed by atoms with Crippen molar-refractivity contribution in [3.8, 4) is 5.75 Å². The highest BCUT2D eigenvalue weighted by molar-refractivity contribution is 5.40. The van der Waals surface area contributed by atoms with Crippen LogP contribution in [-0.2, 0) is 11.8 Å². The van der Waals surface area contributed by atoms with Crippen LogP contribution in [0.3, 0.4) is 0 Å². The van der Waals surface area contributed by atoms with E-state index < -0.39 is 0 Å². The fourth-order valence-corrected chi connectivity index (χ4v) is 3.22. The van der Waals surface area contributed by atoms with Gasteiger partial charge in [-0.15, -0.1) is 0 Å². The first-order chi connectivity index (χ1) is 8.75. The van der Waals surface area contributed by atoms with E-state index in [2.05, 4.69) is 25.1 Å². The molecule has 1 aromatic carbocycles. The van der Waals surface area contributed by atoms with Gasteiger partial charge in [0.2, 0.25) is 0 Å². The molecule has 1 aliphatic rings. The van der Waals surface area contributed by atoms with Gasteiger partial charge >= 0.3 is 0 Å². The second-order valence-corrected chi connectivity index (χ2v) is 5.43. The van der Waals surface area contributed by atoms with Crippen LogP contribution in [-0.4, -0.2) is 13.7 Å². The number of nitrogens with two attached hydrogens (primary N) is 1. The highest BCUT2D eigenvalue weighted by atomic mass is 16.5. The van der Waals surface area contributed by atoms with Gasteiger partial charge in [-0.25, -0.2) is 0 Å². The summed E-state index contributed by atoms with van der Waals surface area (Å²) in [6, 6.07) is 6.65. The molecule has 0 aromatic heterocycles. The average molecular weight is 247 g/mol. The molecule has 18 heavy (non-hydrogen) atoms. The van der Waals surface area contributed by atoms with E-state index in [1.165, 1.54) is 43.2 Å². The minimum atomic E-state index is 0.217. The normalized spacial score (nSPS) is 18.6. The minimum absolute atomic E-state index is 0.217. The van der Waals surface area contributed by atoms with Crippen molar-refractivity contribution in [1.82, 2.24) is 0 Å². The highest BCUT2D eigenvalue weighted by Gasteiger charge is 2.32. The van der Waals surface area contributed by atoms with Gasteiger partial charge < -0.3 is 10.5 Å². The van der Waals surface area contributed by atoms with E-state index in [9.17, 15) is 0 Å². The summed E-state index contributed by atoms with van der Waals surface area (Å²) in [4.78, 5) is 0. The van der Waals surface area contributed by atoms with Crippen molar-refractivity contribution in [3.05, 3.63) is 29.3 Å². The van der Waals surface area contributed by atoms with Crippen LogP contribution in [0.25, 0.3) is 0 Å². The molecule has 1 aliphatic carbocycles. The second kappa shape index (κ2) is 5.75. The summed E-state index contributed by atoms with van der Waals surface area (Å²) in [5.41, 5.74) is 9.04. The Morgan fingerprint density at radius 2 is 1.94 bits per heavy atom. The quantitative estimate of drug-likeness (QED) is 0.885. The van der Waals surface area contributed by atoms with Crippen LogP contribution < -0.4 is 10.5 Å². The van der Waals surface area contributed by atoms with E-state index in [-0.39, 0.29) is 5.41 Å². The molecular formula is C16H25NO. The average Bonchev–Trinajstić information content (AvgIpc) is 2.47. The van der Waals surface area contributed by atoms with Gasteiger partial charge in [0.25, 0.3) is 0 Å². The summed E-state index contributed by atoms with van der Waals surface area (Å²) in [6.45, 7) is 2.94. The summed E-state index contributed by atoms with van der Waals surface area (Å²) >= 11 is 0. The fourth-order valence-electron chi connectivity index (χ4n) is 3.22. The number of hydrogen-bond acceptors (Lipinski definition) is 2. The maximum absolute atomic E-state index is 6.10. The first kappa shape index (κ1) is 13.4. The van der Waals surface area contributed by atoms with Crippen LogP contribution in [0.2, 0.25) is 0 Å². The van der Waals surface area contributed by atoms with Crippen LogP contribution in [0.5, 0.6) is 5.75 Å². The van der Waals surface area contributed by atoms with E-state index in [0.29, 0.717) is 0 Å². The molecule has 2 heteroatoms. The third-order valence-corrected chi connectivity index (χ3v) is 4.48. The smallest absolute Gasteiger partial charge is 0.122 e. The van der Waals surface area contributed by atoms with Gasteiger partial charge in [-0.2, -0.15) is 0 Å². The molecule has 2 rings (SSSR count). The second-order valence-electron chi connectivity index (χ2n) is 5.43. The number of ether oxygens (including phenoxy) is 1. The van der Waals surface area contributed by atoms with Gasteiger partial charge in [0.1, 0.15) is 5.75 Å². The molecule has 0 heterocycles. The van der Waals surface area contributed by atoms with E-state index in [1.54, 1.807) is 7.11 Å². The fraction of sp³-hybridized carbons (Fsp3) is 0.625. The van der Waals surface area contributed by atoms with E-state index in [1.807, 2.05) is 0 Å². The number of hydrogen-bond donors (Lipinski definition) is 1. The first-order valence-electron chi connectivity index (χ1n) is 7.13. The monoisotopic (exact) mass is 247 g/mol. The molecule has 0 bridgehead atoms. The SMILES string of the molecule is CCc1cc(C2(CN)CCCCC2)ccc1OC. The molecule has 0 amide bonds. The number of aryl methyl sites for hydroxylation is 1. The number of benzene rings is 1. The molecule has 2 nitrogen and oxygen atoms in total. The third-order valence-electron chi connectivity index (χ3n) is 4.48. The zero-order valence-electron chi connectivity index (χ0n) is 11.7. The lowest BCUT2D eigenvalue weighted by molar-refractivity contribution is 0.300. The molecular weight excluding hydrogens is 222 g/mol. The van der Waals surface area contributed by atoms with Crippen LogP contribution in [0.15, 0.2) is 18.2 Å². The van der Waals surface area contributed by atoms with Gasteiger partial charge in [-0.3, -0.25) is 0 Å². The zero-order chi connectivity index (χ0) is 13.0. The lowest BCUT2D eigenvalue weighted by Gasteiger charge is -2.37. The first-order valence-corrected chi connectivity index (χ1v) is 7.13. The predicted molar refractivity (Wildman–Crippen MR) is 76.2 cm³/mol. The predicted octanol–water partition coefficient (Wildman–Crippen LogP) is 3.42. The molecule has 0 aliphatic heterocycles. The van der Waals surface area contributed by atoms with Crippen molar-refractivity contribution in [1.29, 1.82) is 0 Å². The molecule has 1 aromatic rings. The maximum Gasteiger partial charge on any atom is 0.122 e. The molecule has 2 N–H and O–H groups in total. The Morgan fingerprint density at radius 3 is 2.50 bits per heavy atom. The van der Waals surface area contributed by atoms with Crippen molar-refractivity contribution < 1.29 is 4.74 Å². The number of methoxy groups -OCH3 is 1. The molecule has 100 valence electrons. The Morgan fingerprint density at radius 1 is 1.22 bits per heavy atom. The van der Waals surface area contributed by atoms with Crippen molar-refractivity contribution in [2.45, 2.75) is 50.9 Å². The van der Waals surface area contributed by atoms with E-state index in [0.717, 1.165) is 18.7 Å². The summed E-state index contributed by atoms with van der Waals surface area (Å²) in [6.07, 6.45) is 7.46. The molecule has 1 saturated carbocycles. The van der Waals surface area contributed by atoms with Crippen molar-refractivity contribution in [3.63, 3.8) is 0 Å². The molecule has 0 radical (unpaired) electrons. The third kappa shape index (κ3) is 2.39. The zero-order valence-corrected chi connectivity index (χ0v) is 11.7. The van der Waals surface area contributed by atoms with Crippen molar-refractivity contribution in [2.75, 3.05) is 13.7 Å². The molecule has 0 atom stereocenters. The largest absolute Gasteiger partial charge is 0.496 e. The minimum Gasteiger partial charge on any atom is -0.496 e. The van der Waals surface area contributed by atoms with E-state index >= 15 is 0 Å². The Labute approximate surface area is 111 Å². The molecule has 0 unspecified atom stereocenters. The highest BCUT2D eigenvalue weighted by Crippen LogP contribution is 2.40. The van der Waals surface area contributed by atoms with Gasteiger partial charge in [-0.05, 0) is 36.5 Å². The van der Waals surface area contributed by atoms with Crippen LogP contribution in [0.1, 0.15) is 50.2 Å². The van der Waals surface area contributed by atoms with Gasteiger partial charge in [0.05, 0.1) is 7.11 Å². The van der Waals surface area contributed by atoms with Crippen molar-refractivity contribution >= 4 is 0 Å². The Balaban J connectivity index is 2.36. The molecule has 0 spiro atoms. The standard InChI is InChI=1S/C16H25NO/c1-3-13-11-14(7-8-15(13)18-2)16(12-17)9-5-4-6-10-16/h7-8,11H,3-6,9-10,12,17H2,1-2H3. The van der Waals surface area contributed by atoms with Crippen LogP contribution >= 0.6 is 0 Å². The Hall–Kier alpha value is -1.02. The summed E-state index contributed by atoms with van der Waals surface area (Å²) in [5, 5.41) is 0. The summed E-state index contributed by atoms with van der Waals surface area (Å²) in [7, 11) is 1.74. The van der Waals surface area contributed by atoms with E-state index in [4.69, 9.17) is 10.5 Å². The topological polar surface area (TPSA) is 35.2 Å². The van der Waals surface area contributed by atoms with Gasteiger partial charge in [-0.1, -0.05) is 38.3 Å². The van der Waals surface area contributed by atoms with Crippen LogP contribution in [0.4, 0.5) is 0 Å². The maximum atomic E-state index is 6.10. The summed E-state index contributed by atoms with van der Waals surface area (Å²) < 4.78 is 5.41. The van der Waals surface area contributed by atoms with Gasteiger partial charge in [0.15, 0.2) is 0 Å². The Kier molecular flexibility index (Phi) is 4.28. The van der Waals surface area contributed by atoms with Gasteiger partial charge in [0, 0.05) is 12.0 Å².